The molecule has 2 aliphatic rings. The summed E-state index contributed by atoms with van der Waals surface area (Å²) in [4.78, 5) is 25.7. The molecule has 0 aromatic rings. The normalized spacial score (nSPS) is 27.8. The molecule has 0 saturated carbocycles. The second kappa shape index (κ2) is 4.84. The summed E-state index contributed by atoms with van der Waals surface area (Å²) < 4.78 is 0. The van der Waals surface area contributed by atoms with Crippen molar-refractivity contribution < 1.29 is 14.7 Å². The van der Waals surface area contributed by atoms with E-state index in [2.05, 4.69) is 0 Å². The predicted octanol–water partition coefficient (Wildman–Crippen LogP) is 1.49. The van der Waals surface area contributed by atoms with E-state index in [4.69, 9.17) is 0 Å². The first-order valence-corrected chi connectivity index (χ1v) is 6.75. The summed E-state index contributed by atoms with van der Waals surface area (Å²) in [5.41, 5.74) is -0.938. The van der Waals surface area contributed by atoms with Crippen LogP contribution in [0.2, 0.25) is 0 Å². The number of fused-ring (bicyclic) bond motifs is 1. The van der Waals surface area contributed by atoms with Gasteiger partial charge in [0, 0.05) is 0 Å². The van der Waals surface area contributed by atoms with Crippen molar-refractivity contribution in [3.8, 4) is 0 Å². The maximum absolute atomic E-state index is 12.2. The fraction of sp³-hybridized carbons (Fsp3) is 0.714. The Bertz CT molecular complexity index is 359. The Balaban J connectivity index is 2.16. The van der Waals surface area contributed by atoms with Crippen molar-refractivity contribution >= 4 is 11.8 Å². The number of aliphatic hydroxyl groups is 1. The zero-order chi connectivity index (χ0) is 13.3. The quantitative estimate of drug-likeness (QED) is 0.608. The van der Waals surface area contributed by atoms with Crippen LogP contribution in [-0.4, -0.2) is 34.0 Å². The van der Waals surface area contributed by atoms with Gasteiger partial charge >= 0.3 is 0 Å². The van der Waals surface area contributed by atoms with Crippen molar-refractivity contribution in [2.24, 2.45) is 11.8 Å². The Hall–Kier alpha value is -1.16. The minimum atomic E-state index is -0.938. The third-order valence-electron chi connectivity index (χ3n) is 4.37. The van der Waals surface area contributed by atoms with Crippen LogP contribution in [-0.2, 0) is 9.59 Å². The second-order valence-electron chi connectivity index (χ2n) is 5.35. The zero-order valence-electron chi connectivity index (χ0n) is 11.1. The highest BCUT2D eigenvalue weighted by atomic mass is 16.3. The summed E-state index contributed by atoms with van der Waals surface area (Å²) in [5.74, 6) is -0.592. The van der Waals surface area contributed by atoms with Gasteiger partial charge in [0.1, 0.15) is 0 Å². The molecule has 0 aromatic heterocycles. The van der Waals surface area contributed by atoms with Gasteiger partial charge in [-0.05, 0) is 25.7 Å². The Morgan fingerprint density at radius 3 is 2.00 bits per heavy atom. The fourth-order valence-electron chi connectivity index (χ4n) is 2.79. The maximum atomic E-state index is 12.2. The van der Waals surface area contributed by atoms with E-state index in [0.29, 0.717) is 25.7 Å². The summed E-state index contributed by atoms with van der Waals surface area (Å²) >= 11 is 0. The van der Waals surface area contributed by atoms with Crippen LogP contribution in [0.3, 0.4) is 0 Å². The molecule has 1 aliphatic carbocycles. The van der Waals surface area contributed by atoms with Crippen molar-refractivity contribution in [2.45, 2.75) is 45.1 Å². The van der Waals surface area contributed by atoms with Crippen molar-refractivity contribution in [3.63, 3.8) is 0 Å². The van der Waals surface area contributed by atoms with Crippen molar-refractivity contribution in [2.75, 3.05) is 6.54 Å². The average Bonchev–Trinajstić information content (AvgIpc) is 2.64. The van der Waals surface area contributed by atoms with E-state index in [1.165, 1.54) is 4.90 Å². The highest BCUT2D eigenvalue weighted by molar-refractivity contribution is 6.05. The van der Waals surface area contributed by atoms with E-state index in [-0.39, 0.29) is 30.2 Å². The molecular formula is C14H21NO3. The first kappa shape index (κ1) is 13.3. The van der Waals surface area contributed by atoms with Gasteiger partial charge < -0.3 is 5.11 Å². The average molecular weight is 251 g/mol. The number of amides is 2. The highest BCUT2D eigenvalue weighted by Gasteiger charge is 2.48. The Kier molecular flexibility index (Phi) is 3.57. The SMILES string of the molecule is CCC(O)(CC)CN1C(=O)C2CC=CCC2C1=O. The molecule has 2 rings (SSSR count). The molecule has 4 heteroatoms. The zero-order valence-corrected chi connectivity index (χ0v) is 11.1. The standard InChI is InChI=1S/C14H21NO3/c1-3-14(18,4-2)9-15-12(16)10-7-5-6-8-11(10)13(15)17/h5-6,10-11,18H,3-4,7-9H2,1-2H3. The number of carbonyl (C=O) groups is 2. The number of rotatable bonds is 4. The molecule has 0 radical (unpaired) electrons. The Morgan fingerprint density at radius 1 is 1.17 bits per heavy atom. The van der Waals surface area contributed by atoms with Gasteiger partial charge in [0.25, 0.3) is 0 Å². The number of carbonyl (C=O) groups excluding carboxylic acids is 2. The van der Waals surface area contributed by atoms with Crippen molar-refractivity contribution in [1.29, 1.82) is 0 Å². The molecule has 1 aliphatic heterocycles. The molecule has 4 nitrogen and oxygen atoms in total. The largest absolute Gasteiger partial charge is 0.388 e. The van der Waals surface area contributed by atoms with E-state index in [1.807, 2.05) is 26.0 Å². The minimum absolute atomic E-state index is 0.102. The molecule has 1 heterocycles. The van der Waals surface area contributed by atoms with Crippen LogP contribution in [0.5, 0.6) is 0 Å². The maximum Gasteiger partial charge on any atom is 0.233 e. The van der Waals surface area contributed by atoms with Crippen LogP contribution in [0.4, 0.5) is 0 Å². The van der Waals surface area contributed by atoms with Gasteiger partial charge in [-0.2, -0.15) is 0 Å². The molecule has 0 spiro atoms. The van der Waals surface area contributed by atoms with Gasteiger partial charge in [-0.3, -0.25) is 14.5 Å². The third-order valence-corrected chi connectivity index (χ3v) is 4.37. The topological polar surface area (TPSA) is 57.6 Å². The molecule has 2 amide bonds. The van der Waals surface area contributed by atoms with Gasteiger partial charge in [0.2, 0.25) is 11.8 Å². The number of allylic oxidation sites excluding steroid dienone is 2. The molecule has 2 unspecified atom stereocenters. The Morgan fingerprint density at radius 2 is 1.61 bits per heavy atom. The summed E-state index contributed by atoms with van der Waals surface area (Å²) in [6.45, 7) is 3.90. The second-order valence-corrected chi connectivity index (χ2v) is 5.35. The van der Waals surface area contributed by atoms with E-state index < -0.39 is 5.60 Å². The first-order valence-electron chi connectivity index (χ1n) is 6.75. The summed E-state index contributed by atoms with van der Waals surface area (Å²) in [7, 11) is 0. The summed E-state index contributed by atoms with van der Waals surface area (Å²) in [6, 6.07) is 0. The van der Waals surface area contributed by atoms with E-state index in [9.17, 15) is 14.7 Å². The van der Waals surface area contributed by atoms with Crippen LogP contribution >= 0.6 is 0 Å². The van der Waals surface area contributed by atoms with Crippen LogP contribution in [0, 0.1) is 11.8 Å². The summed E-state index contributed by atoms with van der Waals surface area (Å²) in [6.07, 6.45) is 6.36. The predicted molar refractivity (Wildman–Crippen MR) is 67.6 cm³/mol. The molecule has 0 bridgehead atoms. The number of β-amino-alcohol motifs (C(OH)–C–C–N with tert-alkyl or cyclic N) is 1. The van der Waals surface area contributed by atoms with Gasteiger partial charge in [0.15, 0.2) is 0 Å². The van der Waals surface area contributed by atoms with Crippen LogP contribution in [0.25, 0.3) is 0 Å². The molecule has 1 N–H and O–H groups in total. The van der Waals surface area contributed by atoms with Crippen molar-refractivity contribution in [1.82, 2.24) is 4.90 Å². The lowest BCUT2D eigenvalue weighted by atomic mass is 9.85. The molecule has 1 saturated heterocycles. The van der Waals surface area contributed by atoms with E-state index in [0.717, 1.165) is 0 Å². The van der Waals surface area contributed by atoms with Gasteiger partial charge in [-0.15, -0.1) is 0 Å². The monoisotopic (exact) mass is 251 g/mol. The molecule has 2 atom stereocenters. The van der Waals surface area contributed by atoms with Gasteiger partial charge in [0.05, 0.1) is 24.0 Å². The number of hydrogen-bond donors (Lipinski definition) is 1. The number of nitrogens with zero attached hydrogens (tertiary/aromatic N) is 1. The molecule has 100 valence electrons. The van der Waals surface area contributed by atoms with E-state index in [1.54, 1.807) is 0 Å². The number of hydrogen-bond acceptors (Lipinski definition) is 3. The number of likely N-dealkylation sites (tertiary alicyclic amines) is 1. The lowest BCUT2D eigenvalue weighted by Crippen LogP contribution is -2.45. The Labute approximate surface area is 108 Å². The smallest absolute Gasteiger partial charge is 0.233 e. The minimum Gasteiger partial charge on any atom is -0.388 e. The van der Waals surface area contributed by atoms with Gasteiger partial charge in [-0.1, -0.05) is 26.0 Å². The fourth-order valence-corrected chi connectivity index (χ4v) is 2.79. The molecule has 0 aromatic carbocycles. The summed E-state index contributed by atoms with van der Waals surface area (Å²) in [5, 5.41) is 10.3. The lowest BCUT2D eigenvalue weighted by Gasteiger charge is -2.29. The number of imide groups is 1. The lowest BCUT2D eigenvalue weighted by molar-refractivity contribution is -0.144. The molecule has 18 heavy (non-hydrogen) atoms. The highest BCUT2D eigenvalue weighted by Crippen LogP contribution is 2.36. The molecular weight excluding hydrogens is 230 g/mol. The van der Waals surface area contributed by atoms with Gasteiger partial charge in [-0.25, -0.2) is 0 Å². The first-order chi connectivity index (χ1) is 8.52. The molecule has 1 fully saturated rings. The third kappa shape index (κ3) is 2.09. The van der Waals surface area contributed by atoms with Crippen LogP contribution in [0.1, 0.15) is 39.5 Å². The van der Waals surface area contributed by atoms with Crippen LogP contribution < -0.4 is 0 Å². The van der Waals surface area contributed by atoms with E-state index >= 15 is 0 Å². The van der Waals surface area contributed by atoms with Crippen LogP contribution in [0.15, 0.2) is 12.2 Å². The van der Waals surface area contributed by atoms with Crippen molar-refractivity contribution in [3.05, 3.63) is 12.2 Å².